The number of hydrogen-bond acceptors (Lipinski definition) is 6. The minimum atomic E-state index is -0.672. The lowest BCUT2D eigenvalue weighted by atomic mass is 10.0. The van der Waals surface area contributed by atoms with Gasteiger partial charge in [0, 0.05) is 19.6 Å². The molecule has 2 aliphatic rings. The number of nitrogens with zero attached hydrogens (tertiary/aromatic N) is 3. The highest BCUT2D eigenvalue weighted by molar-refractivity contribution is 5.89. The van der Waals surface area contributed by atoms with Gasteiger partial charge in [0.15, 0.2) is 0 Å². The number of benzene rings is 1. The monoisotopic (exact) mass is 488 g/mol. The molecule has 0 saturated carbocycles. The molecule has 1 aromatic rings. The Morgan fingerprint density at radius 3 is 2.40 bits per heavy atom. The molecule has 35 heavy (non-hydrogen) atoms. The Kier molecular flexibility index (Phi) is 8.58. The first kappa shape index (κ1) is 26.3. The van der Waals surface area contributed by atoms with Crippen LogP contribution < -0.4 is 5.73 Å². The van der Waals surface area contributed by atoms with E-state index in [9.17, 15) is 19.2 Å². The molecule has 3 rings (SSSR count). The zero-order chi connectivity index (χ0) is 25.6. The molecular weight excluding hydrogens is 452 g/mol. The number of carbonyl (C=O) groups is 4. The highest BCUT2D eigenvalue weighted by atomic mass is 16.6. The number of hydrogen-bond donors (Lipinski definition) is 1. The molecule has 4 amide bonds. The second-order valence-electron chi connectivity index (χ2n) is 10.0. The van der Waals surface area contributed by atoms with Crippen LogP contribution in [0.2, 0.25) is 0 Å². The zero-order valence-electron chi connectivity index (χ0n) is 20.8. The zero-order valence-corrected chi connectivity index (χ0v) is 20.8. The van der Waals surface area contributed by atoms with Crippen LogP contribution in [0.5, 0.6) is 0 Å². The maximum Gasteiger partial charge on any atom is 0.410 e. The van der Waals surface area contributed by atoms with Crippen molar-refractivity contribution in [2.75, 3.05) is 26.2 Å². The van der Waals surface area contributed by atoms with Gasteiger partial charge in [-0.1, -0.05) is 30.3 Å². The smallest absolute Gasteiger partial charge is 0.410 e. The second kappa shape index (κ2) is 11.4. The predicted molar refractivity (Wildman–Crippen MR) is 128 cm³/mol. The van der Waals surface area contributed by atoms with E-state index in [0.29, 0.717) is 38.8 Å². The summed E-state index contributed by atoms with van der Waals surface area (Å²) in [6.45, 7) is 6.32. The van der Waals surface area contributed by atoms with Gasteiger partial charge in [-0.05, 0) is 52.0 Å². The lowest BCUT2D eigenvalue weighted by Crippen LogP contribution is -2.56. The lowest BCUT2D eigenvalue weighted by Gasteiger charge is -2.39. The van der Waals surface area contributed by atoms with Crippen LogP contribution in [-0.4, -0.2) is 82.6 Å². The number of carbonyl (C=O) groups excluding carboxylic acids is 4. The quantitative estimate of drug-likeness (QED) is 0.656. The largest absolute Gasteiger partial charge is 0.445 e. The summed E-state index contributed by atoms with van der Waals surface area (Å²) in [6, 6.07) is 8.15. The maximum atomic E-state index is 13.2. The molecule has 1 aromatic carbocycles. The summed E-state index contributed by atoms with van der Waals surface area (Å²) in [5.74, 6) is -0.917. The Bertz CT molecular complexity index is 916. The highest BCUT2D eigenvalue weighted by Crippen LogP contribution is 2.22. The molecular formula is C25H36N4O6. The summed E-state index contributed by atoms with van der Waals surface area (Å²) in [6.07, 6.45) is 1.33. The molecule has 2 saturated heterocycles. The fourth-order valence-corrected chi connectivity index (χ4v) is 4.44. The topological polar surface area (TPSA) is 122 Å². The Morgan fingerprint density at radius 2 is 1.74 bits per heavy atom. The molecule has 2 aliphatic heterocycles. The van der Waals surface area contributed by atoms with Crippen LogP contribution in [-0.2, 0) is 25.7 Å². The van der Waals surface area contributed by atoms with Gasteiger partial charge in [-0.25, -0.2) is 9.59 Å². The van der Waals surface area contributed by atoms with Crippen LogP contribution >= 0.6 is 0 Å². The van der Waals surface area contributed by atoms with E-state index in [1.165, 1.54) is 9.80 Å². The minimum absolute atomic E-state index is 0.0560. The van der Waals surface area contributed by atoms with Crippen molar-refractivity contribution in [2.24, 2.45) is 5.73 Å². The predicted octanol–water partition coefficient (Wildman–Crippen LogP) is 2.50. The minimum Gasteiger partial charge on any atom is -0.445 e. The third-order valence-electron chi connectivity index (χ3n) is 6.14. The van der Waals surface area contributed by atoms with Crippen molar-refractivity contribution in [3.63, 3.8) is 0 Å². The van der Waals surface area contributed by atoms with Gasteiger partial charge in [-0.15, -0.1) is 0 Å². The first-order valence-corrected chi connectivity index (χ1v) is 12.1. The van der Waals surface area contributed by atoms with Crippen molar-refractivity contribution in [3.8, 4) is 0 Å². The van der Waals surface area contributed by atoms with E-state index in [-0.39, 0.29) is 25.6 Å². The van der Waals surface area contributed by atoms with Gasteiger partial charge in [0.2, 0.25) is 11.8 Å². The number of piperidine rings is 1. The fourth-order valence-electron chi connectivity index (χ4n) is 4.44. The van der Waals surface area contributed by atoms with E-state index in [4.69, 9.17) is 15.2 Å². The number of likely N-dealkylation sites (tertiary alicyclic amines) is 2. The molecule has 0 bridgehead atoms. The normalized spacial score (nSPS) is 20.3. The van der Waals surface area contributed by atoms with E-state index >= 15 is 0 Å². The summed E-state index contributed by atoms with van der Waals surface area (Å²) in [5, 5.41) is 0. The van der Waals surface area contributed by atoms with Gasteiger partial charge in [0.25, 0.3) is 0 Å². The highest BCUT2D eigenvalue weighted by Gasteiger charge is 2.38. The van der Waals surface area contributed by atoms with Crippen molar-refractivity contribution < 1.29 is 28.7 Å². The lowest BCUT2D eigenvalue weighted by molar-refractivity contribution is -0.138. The Labute approximate surface area is 206 Å². The van der Waals surface area contributed by atoms with E-state index in [2.05, 4.69) is 0 Å². The van der Waals surface area contributed by atoms with E-state index in [1.807, 2.05) is 30.3 Å². The summed E-state index contributed by atoms with van der Waals surface area (Å²) in [5.41, 5.74) is 5.65. The average Bonchev–Trinajstić information content (AvgIpc) is 3.31. The molecule has 0 aromatic heterocycles. The SMILES string of the molecule is CC(C)(C)OC(=O)N1CCC[C@H](N(CC(=O)N2CCC[C@H]2C(N)=O)C(=O)OCc2ccccc2)C1. The number of rotatable bonds is 6. The number of amides is 4. The van der Waals surface area contributed by atoms with Crippen molar-refractivity contribution in [2.45, 2.75) is 70.7 Å². The summed E-state index contributed by atoms with van der Waals surface area (Å²) < 4.78 is 11.0. The average molecular weight is 489 g/mol. The molecule has 10 heteroatoms. The Hall–Kier alpha value is -3.30. The van der Waals surface area contributed by atoms with Crippen molar-refractivity contribution in [3.05, 3.63) is 35.9 Å². The van der Waals surface area contributed by atoms with Crippen LogP contribution in [0.1, 0.15) is 52.0 Å². The molecule has 0 spiro atoms. The van der Waals surface area contributed by atoms with Crippen molar-refractivity contribution in [1.82, 2.24) is 14.7 Å². The van der Waals surface area contributed by atoms with Gasteiger partial charge >= 0.3 is 12.2 Å². The van der Waals surface area contributed by atoms with Crippen LogP contribution in [0.4, 0.5) is 9.59 Å². The molecule has 0 radical (unpaired) electrons. The molecule has 2 fully saturated rings. The second-order valence-corrected chi connectivity index (χ2v) is 10.0. The van der Waals surface area contributed by atoms with Gasteiger partial charge in [-0.2, -0.15) is 0 Å². The first-order valence-electron chi connectivity index (χ1n) is 12.1. The molecule has 2 N–H and O–H groups in total. The van der Waals surface area contributed by atoms with Gasteiger partial charge < -0.3 is 25.0 Å². The molecule has 10 nitrogen and oxygen atoms in total. The molecule has 0 unspecified atom stereocenters. The summed E-state index contributed by atoms with van der Waals surface area (Å²) in [7, 11) is 0. The van der Waals surface area contributed by atoms with Crippen molar-refractivity contribution >= 4 is 24.0 Å². The van der Waals surface area contributed by atoms with Crippen LogP contribution in [0.15, 0.2) is 30.3 Å². The Morgan fingerprint density at radius 1 is 1.06 bits per heavy atom. The number of ether oxygens (including phenoxy) is 2. The summed E-state index contributed by atoms with van der Waals surface area (Å²) in [4.78, 5) is 55.2. The Balaban J connectivity index is 1.74. The molecule has 2 heterocycles. The third-order valence-corrected chi connectivity index (χ3v) is 6.14. The molecule has 0 aliphatic carbocycles. The maximum absolute atomic E-state index is 13.2. The van der Waals surface area contributed by atoms with Gasteiger partial charge in [0.1, 0.15) is 24.8 Å². The van der Waals surface area contributed by atoms with Crippen LogP contribution in [0.3, 0.4) is 0 Å². The van der Waals surface area contributed by atoms with E-state index < -0.39 is 35.8 Å². The standard InChI is InChI=1S/C25H36N4O6/c1-25(2,3)35-23(32)27-13-7-11-19(15-27)29(24(33)34-17-18-9-5-4-6-10-18)16-21(30)28-14-8-12-20(28)22(26)31/h4-6,9-10,19-20H,7-8,11-17H2,1-3H3,(H2,26,31)/t19-,20-/m0/s1. The van der Waals surface area contributed by atoms with E-state index in [1.54, 1.807) is 25.7 Å². The van der Waals surface area contributed by atoms with Crippen molar-refractivity contribution in [1.29, 1.82) is 0 Å². The third kappa shape index (κ3) is 7.34. The number of primary amides is 1. The van der Waals surface area contributed by atoms with E-state index in [0.717, 1.165) is 5.56 Å². The number of nitrogens with two attached hydrogens (primary N) is 1. The van der Waals surface area contributed by atoms with Crippen LogP contribution in [0.25, 0.3) is 0 Å². The fraction of sp³-hybridized carbons (Fsp3) is 0.600. The summed E-state index contributed by atoms with van der Waals surface area (Å²) >= 11 is 0. The van der Waals surface area contributed by atoms with Crippen LogP contribution in [0, 0.1) is 0 Å². The first-order chi connectivity index (χ1) is 16.5. The van der Waals surface area contributed by atoms with Gasteiger partial charge in [-0.3, -0.25) is 14.5 Å². The molecule has 2 atom stereocenters. The van der Waals surface area contributed by atoms with Gasteiger partial charge in [0.05, 0.1) is 6.04 Å². The molecule has 192 valence electrons.